The maximum atomic E-state index is 13.0. The average Bonchev–Trinajstić information content (AvgIpc) is 2.76. The molecule has 0 spiro atoms. The van der Waals surface area contributed by atoms with Gasteiger partial charge in [-0.25, -0.2) is 0 Å². The average molecular weight is 408 g/mol. The number of fused-ring (bicyclic) bond motifs is 1. The van der Waals surface area contributed by atoms with E-state index in [4.69, 9.17) is 4.74 Å². The first kappa shape index (κ1) is 20.3. The first-order chi connectivity index (χ1) is 14.5. The largest absolute Gasteiger partial charge is 0.477 e. The highest BCUT2D eigenvalue weighted by molar-refractivity contribution is 5.96. The fraction of sp³-hybridized carbons (Fsp3) is 0.417. The molecule has 2 aliphatic heterocycles. The van der Waals surface area contributed by atoms with Crippen LogP contribution < -0.4 is 15.0 Å². The third kappa shape index (κ3) is 4.27. The molecule has 2 aromatic carbocycles. The summed E-state index contributed by atoms with van der Waals surface area (Å²) in [6.07, 6.45) is 2.66. The molecule has 4 rings (SSSR count). The summed E-state index contributed by atoms with van der Waals surface area (Å²) in [6, 6.07) is 13.6. The number of amides is 2. The number of piperidine rings is 1. The van der Waals surface area contributed by atoms with Gasteiger partial charge in [-0.3, -0.25) is 9.59 Å². The van der Waals surface area contributed by atoms with Crippen LogP contribution in [0.15, 0.2) is 42.5 Å². The van der Waals surface area contributed by atoms with Crippen molar-refractivity contribution in [1.29, 1.82) is 0 Å². The Morgan fingerprint density at radius 2 is 1.70 bits per heavy atom. The number of likely N-dealkylation sites (tertiary alicyclic amines) is 1. The van der Waals surface area contributed by atoms with E-state index in [0.29, 0.717) is 12.3 Å². The molecule has 0 saturated carbocycles. The van der Waals surface area contributed by atoms with Crippen LogP contribution in [-0.2, 0) is 9.59 Å². The molecule has 1 atom stereocenters. The highest BCUT2D eigenvalue weighted by Gasteiger charge is 2.34. The number of carbonyl (C=O) groups excluding carboxylic acids is 2. The van der Waals surface area contributed by atoms with Crippen molar-refractivity contribution < 1.29 is 14.3 Å². The van der Waals surface area contributed by atoms with Gasteiger partial charge in [-0.05, 0) is 56.4 Å². The van der Waals surface area contributed by atoms with Crippen molar-refractivity contribution in [2.45, 2.75) is 39.2 Å². The summed E-state index contributed by atoms with van der Waals surface area (Å²) in [5, 5.41) is 3.05. The molecule has 1 fully saturated rings. The van der Waals surface area contributed by atoms with E-state index < -0.39 is 6.10 Å². The van der Waals surface area contributed by atoms with Gasteiger partial charge in [-0.15, -0.1) is 0 Å². The van der Waals surface area contributed by atoms with Crippen molar-refractivity contribution in [1.82, 2.24) is 4.90 Å². The lowest BCUT2D eigenvalue weighted by atomic mass is 10.1. The molecule has 30 heavy (non-hydrogen) atoms. The molecule has 1 N–H and O–H groups in total. The van der Waals surface area contributed by atoms with E-state index in [-0.39, 0.29) is 18.4 Å². The Balaban J connectivity index is 1.51. The summed E-state index contributed by atoms with van der Waals surface area (Å²) in [4.78, 5) is 29.8. The van der Waals surface area contributed by atoms with Crippen molar-refractivity contribution in [2.24, 2.45) is 0 Å². The van der Waals surface area contributed by atoms with Crippen molar-refractivity contribution in [3.63, 3.8) is 0 Å². The Bertz CT molecular complexity index is 917. The Morgan fingerprint density at radius 3 is 2.43 bits per heavy atom. The number of rotatable bonds is 4. The van der Waals surface area contributed by atoms with Gasteiger partial charge in [0.1, 0.15) is 5.75 Å². The van der Waals surface area contributed by atoms with Gasteiger partial charge in [0.15, 0.2) is 6.10 Å². The minimum atomic E-state index is -0.592. The van der Waals surface area contributed by atoms with Gasteiger partial charge < -0.3 is 19.9 Å². The molecule has 0 aromatic heterocycles. The van der Waals surface area contributed by atoms with Gasteiger partial charge in [-0.2, -0.15) is 0 Å². The smallest absolute Gasteiger partial charge is 0.265 e. The Labute approximate surface area is 177 Å². The molecule has 6 nitrogen and oxygen atoms in total. The van der Waals surface area contributed by atoms with E-state index in [1.54, 1.807) is 0 Å². The van der Waals surface area contributed by atoms with Crippen LogP contribution in [-0.4, -0.2) is 49.0 Å². The highest BCUT2D eigenvalue weighted by Crippen LogP contribution is 2.33. The summed E-state index contributed by atoms with van der Waals surface area (Å²) >= 11 is 0. The van der Waals surface area contributed by atoms with E-state index in [1.165, 1.54) is 6.42 Å². The summed E-state index contributed by atoms with van der Waals surface area (Å²) in [7, 11) is 0. The third-order valence-electron chi connectivity index (χ3n) is 5.88. The minimum absolute atomic E-state index is 0.0179. The van der Waals surface area contributed by atoms with Crippen LogP contribution in [0.2, 0.25) is 0 Å². The number of hydrogen-bond donors (Lipinski definition) is 1. The van der Waals surface area contributed by atoms with Crippen LogP contribution in [0.4, 0.5) is 11.4 Å². The Morgan fingerprint density at radius 1 is 1.00 bits per heavy atom. The summed E-state index contributed by atoms with van der Waals surface area (Å²) < 4.78 is 6.05. The van der Waals surface area contributed by atoms with Crippen LogP contribution in [0.1, 0.15) is 30.4 Å². The number of para-hydroxylation sites is 3. The standard InChI is InChI=1S/C24H29N3O3/c1-17-9-8-10-18(2)23(17)25-22(28)16-27-15-21(24(29)26-13-6-3-7-14-26)30-20-12-5-4-11-19(20)27/h4-5,8-12,21H,3,6-7,13-16H2,1-2H3,(H,25,28)/t21-/m1/s1. The second-order valence-corrected chi connectivity index (χ2v) is 8.16. The Hall–Kier alpha value is -3.02. The quantitative estimate of drug-likeness (QED) is 0.842. The van der Waals surface area contributed by atoms with Gasteiger partial charge >= 0.3 is 0 Å². The molecule has 2 heterocycles. The molecule has 0 aliphatic carbocycles. The number of benzene rings is 2. The maximum Gasteiger partial charge on any atom is 0.265 e. The van der Waals surface area contributed by atoms with Crippen molar-refractivity contribution in [3.8, 4) is 5.75 Å². The van der Waals surface area contributed by atoms with Gasteiger partial charge in [0, 0.05) is 18.8 Å². The Kier molecular flexibility index (Phi) is 5.93. The summed E-state index contributed by atoms with van der Waals surface area (Å²) in [5.74, 6) is 0.566. The second-order valence-electron chi connectivity index (χ2n) is 8.16. The summed E-state index contributed by atoms with van der Waals surface area (Å²) in [6.45, 7) is 6.07. The molecular formula is C24H29N3O3. The predicted octanol–water partition coefficient (Wildman–Crippen LogP) is 3.52. The van der Waals surface area contributed by atoms with Gasteiger partial charge in [0.25, 0.3) is 5.91 Å². The zero-order chi connectivity index (χ0) is 21.1. The highest BCUT2D eigenvalue weighted by atomic mass is 16.5. The minimum Gasteiger partial charge on any atom is -0.477 e. The number of anilines is 2. The molecule has 2 aromatic rings. The molecule has 1 saturated heterocycles. The lowest BCUT2D eigenvalue weighted by molar-refractivity contribution is -0.139. The first-order valence-electron chi connectivity index (χ1n) is 10.7. The van der Waals surface area contributed by atoms with Gasteiger partial charge in [-0.1, -0.05) is 30.3 Å². The molecule has 0 unspecified atom stereocenters. The second kappa shape index (κ2) is 8.78. The van der Waals surface area contributed by atoms with Gasteiger partial charge in [0.2, 0.25) is 5.91 Å². The molecular weight excluding hydrogens is 378 g/mol. The topological polar surface area (TPSA) is 61.9 Å². The fourth-order valence-corrected chi connectivity index (χ4v) is 4.27. The molecule has 2 amide bonds. The number of ether oxygens (including phenoxy) is 1. The van der Waals surface area contributed by atoms with E-state index in [2.05, 4.69) is 5.32 Å². The third-order valence-corrected chi connectivity index (χ3v) is 5.88. The monoisotopic (exact) mass is 407 g/mol. The maximum absolute atomic E-state index is 13.0. The van der Waals surface area contributed by atoms with Gasteiger partial charge in [0.05, 0.1) is 18.8 Å². The first-order valence-corrected chi connectivity index (χ1v) is 10.7. The van der Waals surface area contributed by atoms with E-state index in [0.717, 1.165) is 48.4 Å². The SMILES string of the molecule is Cc1cccc(C)c1NC(=O)CN1C[C@H](C(=O)N2CCCCC2)Oc2ccccc21. The zero-order valence-electron chi connectivity index (χ0n) is 17.7. The molecule has 158 valence electrons. The summed E-state index contributed by atoms with van der Waals surface area (Å²) in [5.41, 5.74) is 3.76. The lowest BCUT2D eigenvalue weighted by Crippen LogP contribution is -2.52. The van der Waals surface area contributed by atoms with E-state index in [1.807, 2.05) is 66.1 Å². The zero-order valence-corrected chi connectivity index (χ0v) is 17.7. The van der Waals surface area contributed by atoms with Crippen molar-refractivity contribution >= 4 is 23.2 Å². The lowest BCUT2D eigenvalue weighted by Gasteiger charge is -2.38. The van der Waals surface area contributed by atoms with Crippen LogP contribution in [0.3, 0.4) is 0 Å². The number of nitrogens with zero attached hydrogens (tertiary/aromatic N) is 2. The molecule has 6 heteroatoms. The van der Waals surface area contributed by atoms with E-state index >= 15 is 0 Å². The molecule has 0 radical (unpaired) electrons. The van der Waals surface area contributed by atoms with Crippen LogP contribution in [0, 0.1) is 13.8 Å². The number of nitrogens with one attached hydrogen (secondary N) is 1. The molecule has 0 bridgehead atoms. The number of hydrogen-bond acceptors (Lipinski definition) is 4. The van der Waals surface area contributed by atoms with Crippen LogP contribution >= 0.6 is 0 Å². The van der Waals surface area contributed by atoms with Crippen LogP contribution in [0.5, 0.6) is 5.75 Å². The number of carbonyl (C=O) groups is 2. The number of aryl methyl sites for hydroxylation is 2. The van der Waals surface area contributed by atoms with Crippen LogP contribution in [0.25, 0.3) is 0 Å². The fourth-order valence-electron chi connectivity index (χ4n) is 4.27. The predicted molar refractivity (Wildman–Crippen MR) is 118 cm³/mol. The van der Waals surface area contributed by atoms with E-state index in [9.17, 15) is 9.59 Å². The molecule has 2 aliphatic rings. The van der Waals surface area contributed by atoms with Crippen molar-refractivity contribution in [3.05, 3.63) is 53.6 Å². The normalized spacial score (nSPS) is 18.4. The van der Waals surface area contributed by atoms with Crippen molar-refractivity contribution in [2.75, 3.05) is 36.4 Å².